The zero-order valence-corrected chi connectivity index (χ0v) is 16.4. The normalized spacial score (nSPS) is 14.2. The molecule has 2 heterocycles. The molecule has 1 aliphatic heterocycles. The van der Waals surface area contributed by atoms with Crippen molar-refractivity contribution >= 4 is 23.5 Å². The fraction of sp³-hybridized carbons (Fsp3) is 0.400. The van der Waals surface area contributed by atoms with Crippen LogP contribution < -0.4 is 10.6 Å². The molecular formula is C20H25N5O4. The maximum absolute atomic E-state index is 12.5. The van der Waals surface area contributed by atoms with E-state index >= 15 is 0 Å². The largest absolute Gasteiger partial charge is 0.462 e. The van der Waals surface area contributed by atoms with Crippen molar-refractivity contribution in [3.8, 4) is 0 Å². The molecule has 0 saturated carbocycles. The summed E-state index contributed by atoms with van der Waals surface area (Å²) in [5.74, 6) is -0.343. The average molecular weight is 399 g/mol. The van der Waals surface area contributed by atoms with Crippen molar-refractivity contribution in [2.75, 3.05) is 56.6 Å². The van der Waals surface area contributed by atoms with E-state index in [4.69, 9.17) is 9.47 Å². The number of morpholine rings is 1. The van der Waals surface area contributed by atoms with Gasteiger partial charge in [0.2, 0.25) is 5.95 Å². The number of nitrogens with one attached hydrogen (secondary N) is 2. The number of carbonyl (C=O) groups excluding carboxylic acids is 2. The summed E-state index contributed by atoms with van der Waals surface area (Å²) in [7, 11) is 0. The van der Waals surface area contributed by atoms with Gasteiger partial charge in [-0.15, -0.1) is 0 Å². The topological polar surface area (TPSA) is 106 Å². The molecule has 154 valence electrons. The van der Waals surface area contributed by atoms with Gasteiger partial charge < -0.3 is 20.1 Å². The molecule has 0 atom stereocenters. The van der Waals surface area contributed by atoms with Crippen LogP contribution in [0.15, 0.2) is 36.5 Å². The zero-order chi connectivity index (χ0) is 20.5. The third-order valence-corrected chi connectivity index (χ3v) is 4.36. The molecule has 1 aromatic carbocycles. The molecule has 1 aromatic heterocycles. The number of benzene rings is 1. The van der Waals surface area contributed by atoms with E-state index in [-0.39, 0.29) is 11.6 Å². The van der Waals surface area contributed by atoms with Gasteiger partial charge in [0.1, 0.15) is 5.69 Å². The average Bonchev–Trinajstić information content (AvgIpc) is 2.75. The van der Waals surface area contributed by atoms with Gasteiger partial charge in [-0.3, -0.25) is 9.69 Å². The molecule has 1 amide bonds. The number of amides is 1. The first-order chi connectivity index (χ1) is 14.2. The first kappa shape index (κ1) is 20.7. The zero-order valence-electron chi connectivity index (χ0n) is 16.4. The fourth-order valence-corrected chi connectivity index (χ4v) is 2.82. The van der Waals surface area contributed by atoms with Crippen LogP contribution in [0.2, 0.25) is 0 Å². The monoisotopic (exact) mass is 399 g/mol. The molecule has 1 aliphatic rings. The molecule has 9 heteroatoms. The number of rotatable bonds is 8. The second kappa shape index (κ2) is 10.5. The quantitative estimate of drug-likeness (QED) is 0.646. The van der Waals surface area contributed by atoms with Gasteiger partial charge in [-0.2, -0.15) is 0 Å². The lowest BCUT2D eigenvalue weighted by Crippen LogP contribution is -2.39. The third-order valence-electron chi connectivity index (χ3n) is 4.36. The minimum Gasteiger partial charge on any atom is -0.462 e. The van der Waals surface area contributed by atoms with Crippen molar-refractivity contribution in [3.63, 3.8) is 0 Å². The third kappa shape index (κ3) is 6.23. The molecule has 0 aliphatic carbocycles. The Kier molecular flexibility index (Phi) is 7.48. The number of hydrogen-bond donors (Lipinski definition) is 2. The highest BCUT2D eigenvalue weighted by Gasteiger charge is 2.12. The van der Waals surface area contributed by atoms with Gasteiger partial charge >= 0.3 is 5.97 Å². The Balaban J connectivity index is 1.52. The Morgan fingerprint density at radius 1 is 1.17 bits per heavy atom. The van der Waals surface area contributed by atoms with Crippen molar-refractivity contribution in [2.45, 2.75) is 6.92 Å². The highest BCUT2D eigenvalue weighted by molar-refractivity contribution is 6.03. The predicted octanol–water partition coefficient (Wildman–Crippen LogP) is 1.65. The number of anilines is 2. The summed E-state index contributed by atoms with van der Waals surface area (Å²) >= 11 is 0. The molecule has 0 unspecified atom stereocenters. The van der Waals surface area contributed by atoms with Gasteiger partial charge in [-0.25, -0.2) is 14.8 Å². The maximum atomic E-state index is 12.5. The second-order valence-corrected chi connectivity index (χ2v) is 6.40. The Bertz CT molecular complexity index is 822. The van der Waals surface area contributed by atoms with Gasteiger partial charge in [-0.05, 0) is 37.3 Å². The van der Waals surface area contributed by atoms with Crippen molar-refractivity contribution in [3.05, 3.63) is 47.8 Å². The van der Waals surface area contributed by atoms with E-state index in [1.165, 1.54) is 0 Å². The van der Waals surface area contributed by atoms with Gasteiger partial charge in [0.05, 0.1) is 25.4 Å². The SMILES string of the molecule is CCOC(=O)c1ccc(NC(=O)c2ccnc(NCCN3CCOCC3)n2)cc1. The van der Waals surface area contributed by atoms with Crippen molar-refractivity contribution < 1.29 is 19.1 Å². The molecule has 9 nitrogen and oxygen atoms in total. The first-order valence-corrected chi connectivity index (χ1v) is 9.61. The summed E-state index contributed by atoms with van der Waals surface area (Å²) in [4.78, 5) is 34.9. The van der Waals surface area contributed by atoms with Crippen LogP contribution in [0.3, 0.4) is 0 Å². The van der Waals surface area contributed by atoms with Crippen molar-refractivity contribution in [1.29, 1.82) is 0 Å². The summed E-state index contributed by atoms with van der Waals surface area (Å²) in [6, 6.07) is 8.05. The van der Waals surface area contributed by atoms with Crippen LogP contribution in [0.4, 0.5) is 11.6 Å². The molecule has 3 rings (SSSR count). The van der Waals surface area contributed by atoms with Gasteiger partial charge in [0.15, 0.2) is 0 Å². The highest BCUT2D eigenvalue weighted by Crippen LogP contribution is 2.12. The molecule has 2 aromatic rings. The lowest BCUT2D eigenvalue weighted by atomic mass is 10.2. The second-order valence-electron chi connectivity index (χ2n) is 6.40. The number of aromatic nitrogens is 2. The van der Waals surface area contributed by atoms with Gasteiger partial charge in [0, 0.05) is 38.1 Å². The van der Waals surface area contributed by atoms with Crippen molar-refractivity contribution in [2.24, 2.45) is 0 Å². The van der Waals surface area contributed by atoms with Crippen molar-refractivity contribution in [1.82, 2.24) is 14.9 Å². The Hall–Kier alpha value is -3.04. The number of carbonyl (C=O) groups is 2. The molecule has 0 bridgehead atoms. The van der Waals surface area contributed by atoms with Gasteiger partial charge in [-0.1, -0.05) is 0 Å². The van der Waals surface area contributed by atoms with E-state index in [9.17, 15) is 9.59 Å². The Labute approximate surface area is 169 Å². The smallest absolute Gasteiger partial charge is 0.338 e. The maximum Gasteiger partial charge on any atom is 0.338 e. The summed E-state index contributed by atoms with van der Waals surface area (Å²) in [6.07, 6.45) is 1.54. The predicted molar refractivity (Wildman–Crippen MR) is 108 cm³/mol. The molecule has 1 fully saturated rings. The Morgan fingerprint density at radius 2 is 1.93 bits per heavy atom. The van der Waals surface area contributed by atoms with Crippen LogP contribution in [0.25, 0.3) is 0 Å². The first-order valence-electron chi connectivity index (χ1n) is 9.61. The summed E-state index contributed by atoms with van der Waals surface area (Å²) in [6.45, 7) is 6.95. The van der Waals surface area contributed by atoms with Crippen LogP contribution >= 0.6 is 0 Å². The minimum absolute atomic E-state index is 0.253. The fourth-order valence-electron chi connectivity index (χ4n) is 2.82. The van der Waals surface area contributed by atoms with E-state index in [1.54, 1.807) is 43.5 Å². The molecule has 2 N–H and O–H groups in total. The number of esters is 1. The highest BCUT2D eigenvalue weighted by atomic mass is 16.5. The van der Waals surface area contributed by atoms with Crippen LogP contribution in [-0.4, -0.2) is 72.7 Å². The van der Waals surface area contributed by atoms with E-state index in [0.29, 0.717) is 30.4 Å². The molecule has 29 heavy (non-hydrogen) atoms. The van der Waals surface area contributed by atoms with Crippen LogP contribution in [0.5, 0.6) is 0 Å². The van der Waals surface area contributed by atoms with E-state index < -0.39 is 5.97 Å². The number of ether oxygens (including phenoxy) is 2. The molecule has 1 saturated heterocycles. The van der Waals surface area contributed by atoms with Crippen LogP contribution in [0, 0.1) is 0 Å². The summed E-state index contributed by atoms with van der Waals surface area (Å²) in [5.41, 5.74) is 1.24. The number of nitrogens with zero attached hydrogens (tertiary/aromatic N) is 3. The standard InChI is InChI=1S/C20H25N5O4/c1-2-29-19(27)15-3-5-16(6-4-15)23-18(26)17-7-8-21-20(24-17)22-9-10-25-11-13-28-14-12-25/h3-8H,2,9-14H2,1H3,(H,23,26)(H,21,22,24). The minimum atomic E-state index is -0.394. The summed E-state index contributed by atoms with van der Waals surface area (Å²) in [5, 5.41) is 5.91. The molecule has 0 spiro atoms. The number of hydrogen-bond acceptors (Lipinski definition) is 8. The van der Waals surface area contributed by atoms with Crippen LogP contribution in [0.1, 0.15) is 27.8 Å². The molecule has 0 radical (unpaired) electrons. The molecular weight excluding hydrogens is 374 g/mol. The Morgan fingerprint density at radius 3 is 2.66 bits per heavy atom. The summed E-state index contributed by atoms with van der Waals surface area (Å²) < 4.78 is 10.3. The van der Waals surface area contributed by atoms with E-state index in [2.05, 4.69) is 25.5 Å². The van der Waals surface area contributed by atoms with Crippen LogP contribution in [-0.2, 0) is 9.47 Å². The van der Waals surface area contributed by atoms with E-state index in [1.807, 2.05) is 0 Å². The lowest BCUT2D eigenvalue weighted by Gasteiger charge is -2.26. The lowest BCUT2D eigenvalue weighted by molar-refractivity contribution is 0.0398. The van der Waals surface area contributed by atoms with E-state index in [0.717, 1.165) is 32.8 Å². The van der Waals surface area contributed by atoms with Gasteiger partial charge in [0.25, 0.3) is 5.91 Å².